The molecule has 84 valence electrons. The van der Waals surface area contributed by atoms with Crippen LogP contribution in [0.5, 0.6) is 0 Å². The second kappa shape index (κ2) is 4.88. The minimum atomic E-state index is -0.129. The number of fused-ring (bicyclic) bond motifs is 1. The number of aromatic nitrogens is 2. The van der Waals surface area contributed by atoms with Gasteiger partial charge in [-0.1, -0.05) is 0 Å². The van der Waals surface area contributed by atoms with Crippen LogP contribution in [0.4, 0.5) is 0 Å². The lowest BCUT2D eigenvalue weighted by Crippen LogP contribution is -2.25. The molecule has 1 amide bonds. The molecule has 16 heavy (non-hydrogen) atoms. The first-order valence-electron chi connectivity index (χ1n) is 4.75. The molecule has 4 nitrogen and oxygen atoms in total. The maximum absolute atomic E-state index is 11.8. The second-order valence-corrected chi connectivity index (χ2v) is 4.49. The van der Waals surface area contributed by atoms with E-state index in [1.165, 1.54) is 0 Å². The van der Waals surface area contributed by atoms with E-state index in [9.17, 15) is 4.79 Å². The number of nitrogens with zero attached hydrogens (tertiary/aromatic N) is 2. The van der Waals surface area contributed by atoms with Crippen molar-refractivity contribution >= 4 is 40.0 Å². The first-order chi connectivity index (χ1) is 7.74. The van der Waals surface area contributed by atoms with Crippen molar-refractivity contribution in [3.63, 3.8) is 0 Å². The van der Waals surface area contributed by atoms with Crippen LogP contribution in [0.3, 0.4) is 0 Å². The largest absolute Gasteiger partial charge is 0.351 e. The lowest BCUT2D eigenvalue weighted by atomic mass is 10.2. The zero-order chi connectivity index (χ0) is 11.5. The van der Waals surface area contributed by atoms with Crippen LogP contribution in [0.15, 0.2) is 29.0 Å². The van der Waals surface area contributed by atoms with Crippen molar-refractivity contribution in [3.8, 4) is 0 Å². The average molecular weight is 300 g/mol. The Morgan fingerprint density at radius 1 is 1.62 bits per heavy atom. The third-order valence-corrected chi connectivity index (χ3v) is 3.00. The third kappa shape index (κ3) is 2.08. The number of amides is 1. The molecule has 0 spiro atoms. The van der Waals surface area contributed by atoms with Crippen LogP contribution in [0, 0.1) is 0 Å². The molecular weight excluding hydrogens is 290 g/mol. The Morgan fingerprint density at radius 2 is 2.44 bits per heavy atom. The molecule has 0 unspecified atom stereocenters. The van der Waals surface area contributed by atoms with Gasteiger partial charge in [0.05, 0.1) is 17.3 Å². The molecular formula is C10H10BrN3OS. The summed E-state index contributed by atoms with van der Waals surface area (Å²) in [6, 6.07) is 3.74. The Hall–Kier alpha value is -1.01. The molecule has 6 heteroatoms. The molecule has 0 aromatic carbocycles. The number of carbonyl (C=O) groups excluding carboxylic acids is 1. The number of hydrogen-bond acceptors (Lipinski definition) is 3. The molecule has 0 aliphatic heterocycles. The first kappa shape index (κ1) is 11.5. The lowest BCUT2D eigenvalue weighted by Gasteiger charge is -2.02. The van der Waals surface area contributed by atoms with Gasteiger partial charge in [0.25, 0.3) is 5.91 Å². The number of carbonyl (C=O) groups is 1. The van der Waals surface area contributed by atoms with Gasteiger partial charge in [0.1, 0.15) is 0 Å². The van der Waals surface area contributed by atoms with Gasteiger partial charge in [-0.05, 0) is 28.1 Å². The highest BCUT2D eigenvalue weighted by Gasteiger charge is 2.13. The van der Waals surface area contributed by atoms with Crippen molar-refractivity contribution in [2.45, 2.75) is 0 Å². The molecule has 0 radical (unpaired) electrons. The highest BCUT2D eigenvalue weighted by Crippen LogP contribution is 2.20. The zero-order valence-corrected chi connectivity index (χ0v) is 10.8. The monoisotopic (exact) mass is 299 g/mol. The summed E-state index contributed by atoms with van der Waals surface area (Å²) in [5.74, 6) is 0.488. The quantitative estimate of drug-likeness (QED) is 0.849. The van der Waals surface area contributed by atoms with Crippen molar-refractivity contribution in [1.82, 2.24) is 14.9 Å². The van der Waals surface area contributed by atoms with Crippen molar-refractivity contribution in [1.29, 1.82) is 0 Å². The maximum Gasteiger partial charge on any atom is 0.255 e. The van der Waals surface area contributed by atoms with Gasteiger partial charge in [0.15, 0.2) is 0 Å². The van der Waals surface area contributed by atoms with Gasteiger partial charge in [-0.2, -0.15) is 17.7 Å². The van der Waals surface area contributed by atoms with E-state index in [0.717, 1.165) is 9.99 Å². The van der Waals surface area contributed by atoms with E-state index in [1.807, 2.05) is 12.1 Å². The number of hydrogen-bond donors (Lipinski definition) is 2. The van der Waals surface area contributed by atoms with Gasteiger partial charge in [0, 0.05) is 23.0 Å². The SMILES string of the molecule is O=C(NCCS)c1cnn2cccc(Br)c12. The normalized spacial score (nSPS) is 10.6. The molecule has 1 N–H and O–H groups in total. The van der Waals surface area contributed by atoms with E-state index in [4.69, 9.17) is 0 Å². The Labute approximate surface area is 107 Å². The average Bonchev–Trinajstić information content (AvgIpc) is 2.71. The van der Waals surface area contributed by atoms with Gasteiger partial charge in [0.2, 0.25) is 0 Å². The highest BCUT2D eigenvalue weighted by molar-refractivity contribution is 9.10. The summed E-state index contributed by atoms with van der Waals surface area (Å²) >= 11 is 7.45. The fourth-order valence-corrected chi connectivity index (χ4v) is 2.09. The van der Waals surface area contributed by atoms with E-state index in [0.29, 0.717) is 17.9 Å². The molecule has 0 aliphatic rings. The zero-order valence-electron chi connectivity index (χ0n) is 8.35. The van der Waals surface area contributed by atoms with Crippen LogP contribution in [0.2, 0.25) is 0 Å². The third-order valence-electron chi connectivity index (χ3n) is 2.13. The van der Waals surface area contributed by atoms with E-state index in [-0.39, 0.29) is 5.91 Å². The molecule has 2 heterocycles. The van der Waals surface area contributed by atoms with Crippen LogP contribution in [0.25, 0.3) is 5.52 Å². The van der Waals surface area contributed by atoms with Gasteiger partial charge < -0.3 is 5.32 Å². The molecule has 0 atom stereocenters. The molecule has 2 rings (SSSR count). The minimum Gasteiger partial charge on any atom is -0.351 e. The number of halogens is 1. The maximum atomic E-state index is 11.8. The fourth-order valence-electron chi connectivity index (χ4n) is 1.43. The molecule has 0 aliphatic carbocycles. The number of pyridine rings is 1. The highest BCUT2D eigenvalue weighted by atomic mass is 79.9. The summed E-state index contributed by atoms with van der Waals surface area (Å²) in [6.45, 7) is 0.545. The van der Waals surface area contributed by atoms with Crippen molar-refractivity contribution in [3.05, 3.63) is 34.6 Å². The molecule has 0 fully saturated rings. The number of thiol groups is 1. The lowest BCUT2D eigenvalue weighted by molar-refractivity contribution is 0.0958. The van der Waals surface area contributed by atoms with Crippen molar-refractivity contribution in [2.24, 2.45) is 0 Å². The summed E-state index contributed by atoms with van der Waals surface area (Å²) in [6.07, 6.45) is 3.36. The van der Waals surface area contributed by atoms with E-state index in [1.54, 1.807) is 16.9 Å². The molecule has 0 bridgehead atoms. The summed E-state index contributed by atoms with van der Waals surface area (Å²) in [7, 11) is 0. The Bertz CT molecular complexity index is 526. The summed E-state index contributed by atoms with van der Waals surface area (Å²) < 4.78 is 2.52. The van der Waals surface area contributed by atoms with Crippen molar-refractivity contribution in [2.75, 3.05) is 12.3 Å². The fraction of sp³-hybridized carbons (Fsp3) is 0.200. The molecule has 0 saturated carbocycles. The molecule has 0 saturated heterocycles. The smallest absolute Gasteiger partial charge is 0.255 e. The Morgan fingerprint density at radius 3 is 3.19 bits per heavy atom. The standard InChI is InChI=1S/C10H10BrN3OS/c11-8-2-1-4-14-9(8)7(6-13-14)10(15)12-3-5-16/h1-2,4,6,16H,3,5H2,(H,12,15). The second-order valence-electron chi connectivity index (χ2n) is 3.19. The number of rotatable bonds is 3. The Balaban J connectivity index is 2.41. The minimum absolute atomic E-state index is 0.129. The van der Waals surface area contributed by atoms with Crippen LogP contribution in [-0.2, 0) is 0 Å². The van der Waals surface area contributed by atoms with Gasteiger partial charge in [-0.15, -0.1) is 0 Å². The predicted octanol–water partition coefficient (Wildman–Crippen LogP) is 1.76. The first-order valence-corrected chi connectivity index (χ1v) is 6.17. The summed E-state index contributed by atoms with van der Waals surface area (Å²) in [4.78, 5) is 11.8. The van der Waals surface area contributed by atoms with Crippen LogP contribution in [-0.4, -0.2) is 27.8 Å². The van der Waals surface area contributed by atoms with Crippen LogP contribution >= 0.6 is 28.6 Å². The molecule has 2 aromatic heterocycles. The molecule has 2 aromatic rings. The van der Waals surface area contributed by atoms with E-state index in [2.05, 4.69) is 39.0 Å². The predicted molar refractivity (Wildman–Crippen MR) is 69.1 cm³/mol. The van der Waals surface area contributed by atoms with Crippen LogP contribution in [0.1, 0.15) is 10.4 Å². The summed E-state index contributed by atoms with van der Waals surface area (Å²) in [5, 5.41) is 6.88. The summed E-state index contributed by atoms with van der Waals surface area (Å²) in [5.41, 5.74) is 1.34. The van der Waals surface area contributed by atoms with Gasteiger partial charge in [-0.25, -0.2) is 4.52 Å². The van der Waals surface area contributed by atoms with E-state index < -0.39 is 0 Å². The van der Waals surface area contributed by atoms with Crippen LogP contribution < -0.4 is 5.32 Å². The topological polar surface area (TPSA) is 46.4 Å². The van der Waals surface area contributed by atoms with Gasteiger partial charge in [-0.3, -0.25) is 4.79 Å². The van der Waals surface area contributed by atoms with Crippen molar-refractivity contribution < 1.29 is 4.79 Å². The van der Waals surface area contributed by atoms with Gasteiger partial charge >= 0.3 is 0 Å². The number of nitrogens with one attached hydrogen (secondary N) is 1. The Kier molecular flexibility index (Phi) is 3.50. The van der Waals surface area contributed by atoms with E-state index >= 15 is 0 Å².